The third-order valence-corrected chi connectivity index (χ3v) is 7.08. The van der Waals surface area contributed by atoms with Gasteiger partial charge in [-0.05, 0) is 55.5 Å². The second kappa shape index (κ2) is 14.7. The van der Waals surface area contributed by atoms with Crippen molar-refractivity contribution in [1.29, 1.82) is 0 Å². The van der Waals surface area contributed by atoms with E-state index in [4.69, 9.17) is 14.9 Å². The van der Waals surface area contributed by atoms with Crippen LogP contribution in [0, 0.1) is 11.8 Å². The fourth-order valence-electron chi connectivity index (χ4n) is 4.84. The van der Waals surface area contributed by atoms with E-state index in [0.29, 0.717) is 24.9 Å². The molecule has 4 heterocycles. The molecule has 0 aromatic carbocycles. The van der Waals surface area contributed by atoms with Crippen LogP contribution in [0.4, 0.5) is 31.1 Å². The zero-order valence-corrected chi connectivity index (χ0v) is 23.4. The topological polar surface area (TPSA) is 142 Å². The molecule has 0 bridgehead atoms. The second-order valence-electron chi connectivity index (χ2n) is 9.75. The number of carbonyl (C=O) groups is 3. The predicted molar refractivity (Wildman–Crippen MR) is 139 cm³/mol. The van der Waals surface area contributed by atoms with Gasteiger partial charge in [0.05, 0.1) is 25.0 Å². The van der Waals surface area contributed by atoms with Crippen molar-refractivity contribution >= 4 is 30.4 Å². The summed E-state index contributed by atoms with van der Waals surface area (Å²) in [5.41, 5.74) is -1.10. The van der Waals surface area contributed by atoms with Gasteiger partial charge in [-0.15, -0.1) is 12.4 Å². The number of carboxylic acid groups (broad SMARTS) is 2. The van der Waals surface area contributed by atoms with E-state index < -0.39 is 47.8 Å². The standard InChI is InChI=1S/C13H13F3N2O4.C13H15F3N2O2.ClH/c14-13(15,16)10-2-1-8(6-17-10)9-5-7(11(19)20)3-4-18(9)12(21)22;1-20-12(19)8-4-5-17-10(6-8)9-2-3-11(18-7-9)13(14,15)16;/h1-2,6-7,9H,3-5H2,(H,19,20)(H,21,22);2-3,7-8,10,17H,4-6H2,1H3;1H. The Kier molecular flexibility index (Phi) is 12.1. The van der Waals surface area contributed by atoms with Gasteiger partial charge in [0.2, 0.25) is 0 Å². The number of carbonyl (C=O) groups excluding carboxylic acids is 1. The fourth-order valence-corrected chi connectivity index (χ4v) is 4.84. The van der Waals surface area contributed by atoms with Gasteiger partial charge in [0, 0.05) is 25.0 Å². The number of hydrogen-bond donors (Lipinski definition) is 3. The van der Waals surface area contributed by atoms with Crippen LogP contribution in [-0.2, 0) is 26.7 Å². The molecule has 2 aromatic heterocycles. The number of esters is 1. The van der Waals surface area contributed by atoms with Crippen LogP contribution in [0.5, 0.6) is 0 Å². The van der Waals surface area contributed by atoms with Gasteiger partial charge >= 0.3 is 30.4 Å². The van der Waals surface area contributed by atoms with Gasteiger partial charge in [0.15, 0.2) is 0 Å². The Morgan fingerprint density at radius 2 is 1.44 bits per heavy atom. The van der Waals surface area contributed by atoms with Crippen LogP contribution in [0.1, 0.15) is 60.3 Å². The summed E-state index contributed by atoms with van der Waals surface area (Å²) in [6.07, 6.45) is -6.76. The second-order valence-corrected chi connectivity index (χ2v) is 9.75. The Morgan fingerprint density at radius 3 is 1.88 bits per heavy atom. The Balaban J connectivity index is 0.000000295. The number of nitrogens with one attached hydrogen (secondary N) is 1. The normalized spacial score (nSPS) is 22.3. The van der Waals surface area contributed by atoms with Crippen LogP contribution >= 0.6 is 12.4 Å². The van der Waals surface area contributed by atoms with Gasteiger partial charge in [-0.25, -0.2) is 4.79 Å². The van der Waals surface area contributed by atoms with Gasteiger partial charge in [-0.2, -0.15) is 26.3 Å². The SMILES string of the molecule is COC(=O)C1CCNC(c2ccc(C(F)(F)F)nc2)C1.Cl.O=C(O)C1CCN(C(=O)O)C(c2ccc(C(F)(F)F)nc2)C1. The van der Waals surface area contributed by atoms with Crippen LogP contribution in [0.15, 0.2) is 36.7 Å². The number of rotatable bonds is 4. The number of carboxylic acids is 1. The van der Waals surface area contributed by atoms with Crippen LogP contribution in [-0.4, -0.2) is 63.3 Å². The molecular weight excluding hydrogens is 614 g/mol. The highest BCUT2D eigenvalue weighted by molar-refractivity contribution is 5.85. The number of piperidine rings is 2. The average Bonchev–Trinajstić information content (AvgIpc) is 2.96. The molecule has 2 fully saturated rings. The number of aliphatic carboxylic acids is 1. The van der Waals surface area contributed by atoms with Gasteiger partial charge in [-0.3, -0.25) is 19.6 Å². The molecule has 0 aliphatic carbocycles. The summed E-state index contributed by atoms with van der Waals surface area (Å²) in [7, 11) is 1.33. The zero-order valence-electron chi connectivity index (χ0n) is 22.6. The van der Waals surface area contributed by atoms with Crippen LogP contribution < -0.4 is 5.32 Å². The van der Waals surface area contributed by atoms with E-state index in [0.717, 1.165) is 29.3 Å². The van der Waals surface area contributed by atoms with E-state index in [1.54, 1.807) is 0 Å². The highest BCUT2D eigenvalue weighted by atomic mass is 35.5. The number of amides is 1. The van der Waals surface area contributed by atoms with Crippen LogP contribution in [0.3, 0.4) is 0 Å². The first kappa shape index (κ1) is 35.5. The fraction of sp³-hybridized carbons (Fsp3) is 0.500. The number of nitrogens with zero attached hydrogens (tertiary/aromatic N) is 3. The van der Waals surface area contributed by atoms with Crippen molar-refractivity contribution in [3.63, 3.8) is 0 Å². The molecule has 2 aliphatic rings. The minimum atomic E-state index is -4.58. The maximum absolute atomic E-state index is 12.5. The minimum Gasteiger partial charge on any atom is -0.481 e. The Morgan fingerprint density at radius 1 is 0.884 bits per heavy atom. The van der Waals surface area contributed by atoms with E-state index in [1.165, 1.54) is 19.4 Å². The van der Waals surface area contributed by atoms with Crippen molar-refractivity contribution in [2.45, 2.75) is 50.1 Å². The summed E-state index contributed by atoms with van der Waals surface area (Å²) in [6, 6.07) is 3.26. The number of pyridine rings is 2. The lowest BCUT2D eigenvalue weighted by Gasteiger charge is -2.36. The van der Waals surface area contributed by atoms with Crippen molar-refractivity contribution in [2.75, 3.05) is 20.2 Å². The molecule has 10 nitrogen and oxygen atoms in total. The van der Waals surface area contributed by atoms with E-state index in [2.05, 4.69) is 15.3 Å². The molecule has 4 unspecified atom stereocenters. The minimum absolute atomic E-state index is 0. The zero-order chi connectivity index (χ0) is 31.2. The van der Waals surface area contributed by atoms with Crippen LogP contribution in [0.2, 0.25) is 0 Å². The highest BCUT2D eigenvalue weighted by Crippen LogP contribution is 2.36. The highest BCUT2D eigenvalue weighted by Gasteiger charge is 2.37. The van der Waals surface area contributed by atoms with Gasteiger partial charge in [-0.1, -0.05) is 12.1 Å². The van der Waals surface area contributed by atoms with Gasteiger partial charge < -0.3 is 25.2 Å². The Labute approximate surface area is 247 Å². The molecule has 0 radical (unpaired) electrons. The average molecular weight is 643 g/mol. The first-order valence-corrected chi connectivity index (χ1v) is 12.7. The number of halogens is 7. The lowest BCUT2D eigenvalue weighted by molar-refractivity contribution is -0.147. The number of ether oxygens (including phenoxy) is 1. The third kappa shape index (κ3) is 9.41. The first-order valence-electron chi connectivity index (χ1n) is 12.7. The predicted octanol–water partition coefficient (Wildman–Crippen LogP) is 5.35. The summed E-state index contributed by atoms with van der Waals surface area (Å²) < 4.78 is 79.5. The maximum Gasteiger partial charge on any atom is 0.433 e. The third-order valence-electron chi connectivity index (χ3n) is 7.08. The molecule has 0 spiro atoms. The number of hydrogen-bond acceptors (Lipinski definition) is 7. The van der Waals surface area contributed by atoms with Crippen molar-refractivity contribution in [1.82, 2.24) is 20.2 Å². The molecule has 4 atom stereocenters. The molecule has 4 rings (SSSR count). The van der Waals surface area contributed by atoms with Crippen molar-refractivity contribution in [2.24, 2.45) is 11.8 Å². The lowest BCUT2D eigenvalue weighted by atomic mass is 9.88. The summed E-state index contributed by atoms with van der Waals surface area (Å²) >= 11 is 0. The number of likely N-dealkylation sites (tertiary alicyclic amines) is 1. The summed E-state index contributed by atoms with van der Waals surface area (Å²) in [5.74, 6) is -2.29. The smallest absolute Gasteiger partial charge is 0.433 e. The molecule has 17 heteroatoms. The molecule has 43 heavy (non-hydrogen) atoms. The quantitative estimate of drug-likeness (QED) is 0.297. The van der Waals surface area contributed by atoms with E-state index >= 15 is 0 Å². The van der Waals surface area contributed by atoms with E-state index in [9.17, 15) is 40.7 Å². The van der Waals surface area contributed by atoms with Crippen molar-refractivity contribution in [3.8, 4) is 0 Å². The largest absolute Gasteiger partial charge is 0.481 e. The first-order chi connectivity index (χ1) is 19.6. The number of aromatic nitrogens is 2. The lowest BCUT2D eigenvalue weighted by Crippen LogP contribution is -2.42. The van der Waals surface area contributed by atoms with E-state index in [-0.39, 0.29) is 55.3 Å². The molecule has 1 amide bonds. The molecule has 2 aromatic rings. The monoisotopic (exact) mass is 642 g/mol. The number of methoxy groups -OCH3 is 1. The Hall–Kier alpha value is -3.66. The van der Waals surface area contributed by atoms with Crippen molar-refractivity contribution < 1.29 is 55.7 Å². The van der Waals surface area contributed by atoms with E-state index in [1.807, 2.05) is 0 Å². The Bertz CT molecular complexity index is 1250. The molecule has 238 valence electrons. The molecular formula is C26H29ClF6N4O6. The molecule has 2 saturated heterocycles. The van der Waals surface area contributed by atoms with Gasteiger partial charge in [0.1, 0.15) is 11.4 Å². The van der Waals surface area contributed by atoms with Gasteiger partial charge in [0.25, 0.3) is 0 Å². The number of alkyl halides is 6. The molecule has 3 N–H and O–H groups in total. The molecule has 0 saturated carbocycles. The summed E-state index contributed by atoms with van der Waals surface area (Å²) in [6.45, 7) is 0.628. The van der Waals surface area contributed by atoms with Crippen LogP contribution in [0.25, 0.3) is 0 Å². The summed E-state index contributed by atoms with van der Waals surface area (Å²) in [5, 5.41) is 21.4. The van der Waals surface area contributed by atoms with Crippen molar-refractivity contribution in [3.05, 3.63) is 59.2 Å². The summed E-state index contributed by atoms with van der Waals surface area (Å²) in [4.78, 5) is 41.6. The molecule has 2 aliphatic heterocycles. The maximum atomic E-state index is 12.5.